The van der Waals surface area contributed by atoms with Gasteiger partial charge in [-0.1, -0.05) is 39.2 Å². The van der Waals surface area contributed by atoms with E-state index in [9.17, 15) is 9.59 Å². The van der Waals surface area contributed by atoms with Gasteiger partial charge >= 0.3 is 6.03 Å². The molecule has 5 nitrogen and oxygen atoms in total. The van der Waals surface area contributed by atoms with Crippen molar-refractivity contribution in [2.75, 3.05) is 11.9 Å². The number of benzene rings is 1. The summed E-state index contributed by atoms with van der Waals surface area (Å²) in [4.78, 5) is 23.2. The fourth-order valence-corrected chi connectivity index (χ4v) is 2.32. The molecule has 22 heavy (non-hydrogen) atoms. The van der Waals surface area contributed by atoms with Crippen molar-refractivity contribution in [3.05, 3.63) is 29.3 Å². The summed E-state index contributed by atoms with van der Waals surface area (Å²) in [5, 5.41) is 5.63. The van der Waals surface area contributed by atoms with Crippen molar-refractivity contribution in [2.24, 2.45) is 11.7 Å². The van der Waals surface area contributed by atoms with Gasteiger partial charge in [0.15, 0.2) is 0 Å². The number of anilines is 1. The molecule has 0 aliphatic rings. The fourth-order valence-electron chi connectivity index (χ4n) is 2.32. The summed E-state index contributed by atoms with van der Waals surface area (Å²) >= 11 is 0. The number of urea groups is 1. The number of aryl methyl sites for hydroxylation is 1. The first-order chi connectivity index (χ1) is 10.5. The SMILES string of the molecule is CCCCC(CC)CNC(=O)Nc1ccc(C)c(C(N)=O)c1. The molecule has 0 heterocycles. The molecule has 1 unspecified atom stereocenters. The van der Waals surface area contributed by atoms with Gasteiger partial charge in [-0.25, -0.2) is 4.79 Å². The zero-order valence-electron chi connectivity index (χ0n) is 13.7. The Labute approximate surface area is 132 Å². The van der Waals surface area contributed by atoms with Gasteiger partial charge in [0.05, 0.1) is 0 Å². The number of hydrogen-bond acceptors (Lipinski definition) is 2. The van der Waals surface area contributed by atoms with E-state index in [1.807, 2.05) is 6.92 Å². The second-order valence-electron chi connectivity index (χ2n) is 5.65. The summed E-state index contributed by atoms with van der Waals surface area (Å²) in [5.41, 5.74) is 7.10. The summed E-state index contributed by atoms with van der Waals surface area (Å²) in [6.07, 6.45) is 4.53. The van der Waals surface area contributed by atoms with Gasteiger partial charge in [-0.2, -0.15) is 0 Å². The van der Waals surface area contributed by atoms with Crippen molar-refractivity contribution < 1.29 is 9.59 Å². The Morgan fingerprint density at radius 2 is 2.00 bits per heavy atom. The number of amides is 3. The Morgan fingerprint density at radius 3 is 2.59 bits per heavy atom. The zero-order valence-corrected chi connectivity index (χ0v) is 13.7. The number of nitrogens with two attached hydrogens (primary N) is 1. The Morgan fingerprint density at radius 1 is 1.27 bits per heavy atom. The first-order valence-corrected chi connectivity index (χ1v) is 7.93. The second kappa shape index (κ2) is 9.07. The molecular formula is C17H27N3O2. The number of primary amides is 1. The average molecular weight is 305 g/mol. The van der Waals surface area contributed by atoms with Gasteiger partial charge < -0.3 is 16.4 Å². The third-order valence-corrected chi connectivity index (χ3v) is 3.86. The Bertz CT molecular complexity index is 515. The predicted molar refractivity (Wildman–Crippen MR) is 90.0 cm³/mol. The fraction of sp³-hybridized carbons (Fsp3) is 0.529. The topological polar surface area (TPSA) is 84.2 Å². The highest BCUT2D eigenvalue weighted by Gasteiger charge is 2.10. The molecule has 4 N–H and O–H groups in total. The third kappa shape index (κ3) is 5.76. The van der Waals surface area contributed by atoms with Gasteiger partial charge in [0, 0.05) is 17.8 Å². The molecule has 122 valence electrons. The van der Waals surface area contributed by atoms with Crippen molar-refractivity contribution in [2.45, 2.75) is 46.5 Å². The molecule has 0 saturated heterocycles. The van der Waals surface area contributed by atoms with E-state index < -0.39 is 5.91 Å². The minimum atomic E-state index is -0.493. The number of unbranched alkanes of at least 4 members (excludes halogenated alkanes) is 1. The van der Waals surface area contributed by atoms with E-state index in [2.05, 4.69) is 24.5 Å². The van der Waals surface area contributed by atoms with Crippen LogP contribution in [0.5, 0.6) is 0 Å². The van der Waals surface area contributed by atoms with E-state index in [1.165, 1.54) is 12.8 Å². The van der Waals surface area contributed by atoms with Crippen molar-refractivity contribution >= 4 is 17.6 Å². The molecular weight excluding hydrogens is 278 g/mol. The van der Waals surface area contributed by atoms with E-state index in [0.717, 1.165) is 18.4 Å². The lowest BCUT2D eigenvalue weighted by Gasteiger charge is -2.16. The van der Waals surface area contributed by atoms with Gasteiger partial charge in [-0.05, 0) is 37.0 Å². The van der Waals surface area contributed by atoms with Crippen LogP contribution in [0, 0.1) is 12.8 Å². The van der Waals surface area contributed by atoms with E-state index >= 15 is 0 Å². The van der Waals surface area contributed by atoms with Gasteiger partial charge in [0.1, 0.15) is 0 Å². The quantitative estimate of drug-likeness (QED) is 0.687. The molecule has 0 fully saturated rings. The number of nitrogens with one attached hydrogen (secondary N) is 2. The molecule has 0 saturated carbocycles. The lowest BCUT2D eigenvalue weighted by atomic mass is 9.99. The van der Waals surface area contributed by atoms with Crippen LogP contribution in [-0.4, -0.2) is 18.5 Å². The van der Waals surface area contributed by atoms with Crippen molar-refractivity contribution in [1.82, 2.24) is 5.32 Å². The van der Waals surface area contributed by atoms with Crippen molar-refractivity contribution in [3.63, 3.8) is 0 Å². The van der Waals surface area contributed by atoms with Crippen LogP contribution in [0.25, 0.3) is 0 Å². The maximum Gasteiger partial charge on any atom is 0.319 e. The van der Waals surface area contributed by atoms with E-state index in [4.69, 9.17) is 5.73 Å². The van der Waals surface area contributed by atoms with E-state index in [1.54, 1.807) is 18.2 Å². The minimum absolute atomic E-state index is 0.255. The van der Waals surface area contributed by atoms with Crippen molar-refractivity contribution in [3.8, 4) is 0 Å². The summed E-state index contributed by atoms with van der Waals surface area (Å²) in [5.74, 6) is 0.0112. The molecule has 0 bridgehead atoms. The van der Waals surface area contributed by atoms with Crippen LogP contribution in [0.3, 0.4) is 0 Å². The van der Waals surface area contributed by atoms with Gasteiger partial charge in [-0.15, -0.1) is 0 Å². The minimum Gasteiger partial charge on any atom is -0.366 e. The van der Waals surface area contributed by atoms with Crippen LogP contribution in [0.2, 0.25) is 0 Å². The molecule has 0 spiro atoms. The van der Waals surface area contributed by atoms with Crippen LogP contribution in [-0.2, 0) is 0 Å². The Balaban J connectivity index is 2.54. The number of carbonyl (C=O) groups is 2. The monoisotopic (exact) mass is 305 g/mol. The standard InChI is InChI=1S/C17H27N3O2/c1-4-6-7-13(5-2)11-19-17(22)20-14-9-8-12(3)15(10-14)16(18)21/h8-10,13H,4-7,11H2,1-3H3,(H2,18,21)(H2,19,20,22). The van der Waals surface area contributed by atoms with Gasteiger partial charge in [-0.3, -0.25) is 4.79 Å². The second-order valence-corrected chi connectivity index (χ2v) is 5.65. The molecule has 1 aromatic carbocycles. The molecule has 0 aromatic heterocycles. The summed E-state index contributed by atoms with van der Waals surface area (Å²) in [7, 11) is 0. The molecule has 0 radical (unpaired) electrons. The highest BCUT2D eigenvalue weighted by atomic mass is 16.2. The smallest absolute Gasteiger partial charge is 0.319 e. The molecule has 1 rings (SSSR count). The normalized spacial score (nSPS) is 11.8. The number of carbonyl (C=O) groups excluding carboxylic acids is 2. The first-order valence-electron chi connectivity index (χ1n) is 7.93. The molecule has 0 aliphatic heterocycles. The molecule has 3 amide bonds. The summed E-state index contributed by atoms with van der Waals surface area (Å²) in [6, 6.07) is 4.88. The van der Waals surface area contributed by atoms with Crippen LogP contribution in [0.15, 0.2) is 18.2 Å². The number of hydrogen-bond donors (Lipinski definition) is 3. The van der Waals surface area contributed by atoms with Gasteiger partial charge in [0.2, 0.25) is 5.91 Å². The van der Waals surface area contributed by atoms with Crippen LogP contribution in [0.4, 0.5) is 10.5 Å². The largest absolute Gasteiger partial charge is 0.366 e. The predicted octanol–water partition coefficient (Wildman–Crippen LogP) is 3.43. The van der Waals surface area contributed by atoms with Crippen LogP contribution < -0.4 is 16.4 Å². The number of rotatable bonds is 8. The highest BCUT2D eigenvalue weighted by Crippen LogP contribution is 2.15. The Kier molecular flexibility index (Phi) is 7.43. The average Bonchev–Trinajstić information content (AvgIpc) is 2.49. The lowest BCUT2D eigenvalue weighted by molar-refractivity contribution is 0.0999. The van der Waals surface area contributed by atoms with Crippen molar-refractivity contribution in [1.29, 1.82) is 0 Å². The van der Waals surface area contributed by atoms with Crippen LogP contribution >= 0.6 is 0 Å². The summed E-state index contributed by atoms with van der Waals surface area (Å²) in [6.45, 7) is 6.78. The Hall–Kier alpha value is -2.04. The molecule has 5 heteroatoms. The molecule has 1 atom stereocenters. The van der Waals surface area contributed by atoms with Gasteiger partial charge in [0.25, 0.3) is 0 Å². The highest BCUT2D eigenvalue weighted by molar-refractivity contribution is 5.97. The zero-order chi connectivity index (χ0) is 16.5. The maximum atomic E-state index is 11.9. The first kappa shape index (κ1) is 18.0. The third-order valence-electron chi connectivity index (χ3n) is 3.86. The lowest BCUT2D eigenvalue weighted by Crippen LogP contribution is -2.33. The molecule has 1 aromatic rings. The van der Waals surface area contributed by atoms with E-state index in [-0.39, 0.29) is 6.03 Å². The van der Waals surface area contributed by atoms with Crippen LogP contribution in [0.1, 0.15) is 55.5 Å². The molecule has 0 aliphatic carbocycles. The maximum absolute atomic E-state index is 11.9. The summed E-state index contributed by atoms with van der Waals surface area (Å²) < 4.78 is 0. The van der Waals surface area contributed by atoms with E-state index in [0.29, 0.717) is 23.7 Å².